The minimum Gasteiger partial charge on any atom is -0.507 e. The largest absolute Gasteiger partial charge is 0.507 e. The van der Waals surface area contributed by atoms with E-state index < -0.39 is 34.7 Å². The molecule has 104 valence electrons. The zero-order chi connectivity index (χ0) is 14.7. The minimum atomic E-state index is -0.887. The second kappa shape index (κ2) is 5.64. The van der Waals surface area contributed by atoms with Gasteiger partial charge in [-0.15, -0.1) is 0 Å². The van der Waals surface area contributed by atoms with Gasteiger partial charge in [0.05, 0.1) is 0 Å². The molecule has 6 heteroatoms. The van der Waals surface area contributed by atoms with Crippen LogP contribution in [0, 0.1) is 17.5 Å². The lowest BCUT2D eigenvalue weighted by atomic mass is 10.1. The average molecular weight is 281 g/mol. The van der Waals surface area contributed by atoms with Crippen molar-refractivity contribution < 1.29 is 23.1 Å². The van der Waals surface area contributed by atoms with Gasteiger partial charge >= 0.3 is 0 Å². The minimum absolute atomic E-state index is 0.0515. The summed E-state index contributed by atoms with van der Waals surface area (Å²) in [6.07, 6.45) is 0. The summed E-state index contributed by atoms with van der Waals surface area (Å²) in [6, 6.07) is 6.34. The van der Waals surface area contributed by atoms with E-state index in [0.717, 1.165) is 18.2 Å². The van der Waals surface area contributed by atoms with E-state index in [1.807, 2.05) is 0 Å². The molecular weight excluding hydrogens is 271 g/mol. The molecule has 3 nitrogen and oxygen atoms in total. The second-order valence-electron chi connectivity index (χ2n) is 4.05. The maximum absolute atomic E-state index is 13.4. The Morgan fingerprint density at radius 1 is 1.10 bits per heavy atom. The molecule has 0 heterocycles. The molecule has 2 rings (SSSR count). The normalized spacial score (nSPS) is 10.3. The van der Waals surface area contributed by atoms with E-state index in [-0.39, 0.29) is 12.1 Å². The quantitative estimate of drug-likeness (QED) is 0.908. The molecule has 0 aliphatic rings. The van der Waals surface area contributed by atoms with E-state index in [1.54, 1.807) is 0 Å². The first-order valence-electron chi connectivity index (χ1n) is 5.68. The molecule has 1 amide bonds. The van der Waals surface area contributed by atoms with Crippen LogP contribution in [-0.4, -0.2) is 11.0 Å². The number of phenols is 1. The summed E-state index contributed by atoms with van der Waals surface area (Å²) in [4.78, 5) is 11.7. The highest BCUT2D eigenvalue weighted by molar-refractivity contribution is 5.97. The summed E-state index contributed by atoms with van der Waals surface area (Å²) in [5.41, 5.74) is -0.467. The Bertz CT molecular complexity index is 639. The molecule has 2 N–H and O–H groups in total. The van der Waals surface area contributed by atoms with Gasteiger partial charge in [-0.1, -0.05) is 12.1 Å². The smallest absolute Gasteiger partial charge is 0.258 e. The Hall–Kier alpha value is -2.50. The van der Waals surface area contributed by atoms with Gasteiger partial charge in [-0.25, -0.2) is 13.2 Å². The summed E-state index contributed by atoms with van der Waals surface area (Å²) < 4.78 is 39.5. The lowest BCUT2D eigenvalue weighted by molar-refractivity contribution is 0.0943. The van der Waals surface area contributed by atoms with Gasteiger partial charge in [-0.2, -0.15) is 0 Å². The summed E-state index contributed by atoms with van der Waals surface area (Å²) >= 11 is 0. The van der Waals surface area contributed by atoms with Gasteiger partial charge < -0.3 is 10.4 Å². The zero-order valence-corrected chi connectivity index (χ0v) is 10.2. The molecule has 0 bridgehead atoms. The molecule has 0 aliphatic carbocycles. The first kappa shape index (κ1) is 13.9. The number of rotatable bonds is 3. The summed E-state index contributed by atoms with van der Waals surface area (Å²) in [7, 11) is 0. The van der Waals surface area contributed by atoms with Gasteiger partial charge in [0.2, 0.25) is 0 Å². The predicted molar refractivity (Wildman–Crippen MR) is 65.6 cm³/mol. The summed E-state index contributed by atoms with van der Waals surface area (Å²) in [6.45, 7) is -0.251. The lowest BCUT2D eigenvalue weighted by Crippen LogP contribution is -2.24. The van der Waals surface area contributed by atoms with Crippen molar-refractivity contribution in [2.75, 3.05) is 0 Å². The van der Waals surface area contributed by atoms with Crippen molar-refractivity contribution in [3.63, 3.8) is 0 Å². The van der Waals surface area contributed by atoms with Crippen LogP contribution in [0.4, 0.5) is 13.2 Å². The Morgan fingerprint density at radius 3 is 2.50 bits per heavy atom. The van der Waals surface area contributed by atoms with E-state index in [1.165, 1.54) is 12.1 Å². The molecule has 0 aliphatic heterocycles. The van der Waals surface area contributed by atoms with Crippen LogP contribution in [0.3, 0.4) is 0 Å². The second-order valence-corrected chi connectivity index (χ2v) is 4.05. The topological polar surface area (TPSA) is 49.3 Å². The fraction of sp³-hybridized carbons (Fsp3) is 0.0714. The van der Waals surface area contributed by atoms with Gasteiger partial charge in [0, 0.05) is 18.2 Å². The highest BCUT2D eigenvalue weighted by atomic mass is 19.1. The number of phenolic OH excluding ortho intramolecular Hbond substituents is 1. The number of benzene rings is 2. The monoisotopic (exact) mass is 281 g/mol. The molecule has 2 aromatic rings. The number of carbonyl (C=O) groups is 1. The molecule has 0 atom stereocenters. The van der Waals surface area contributed by atoms with Crippen LogP contribution in [0.2, 0.25) is 0 Å². The van der Waals surface area contributed by atoms with Crippen molar-refractivity contribution in [1.82, 2.24) is 5.32 Å². The number of amides is 1. The maximum Gasteiger partial charge on any atom is 0.258 e. The van der Waals surface area contributed by atoms with Crippen LogP contribution in [-0.2, 0) is 6.54 Å². The van der Waals surface area contributed by atoms with Crippen LogP contribution in [0.15, 0.2) is 36.4 Å². The fourth-order valence-electron chi connectivity index (χ4n) is 1.67. The van der Waals surface area contributed by atoms with Crippen molar-refractivity contribution in [2.24, 2.45) is 0 Å². The van der Waals surface area contributed by atoms with E-state index in [4.69, 9.17) is 0 Å². The van der Waals surface area contributed by atoms with E-state index in [0.29, 0.717) is 6.07 Å². The number of carbonyl (C=O) groups excluding carboxylic acids is 1. The highest BCUT2D eigenvalue weighted by Crippen LogP contribution is 2.19. The van der Waals surface area contributed by atoms with E-state index in [9.17, 15) is 23.1 Å². The van der Waals surface area contributed by atoms with Gasteiger partial charge in [-0.3, -0.25) is 4.79 Å². The highest BCUT2D eigenvalue weighted by Gasteiger charge is 2.16. The van der Waals surface area contributed by atoms with Crippen LogP contribution in [0.25, 0.3) is 0 Å². The number of halogens is 3. The Kier molecular flexibility index (Phi) is 3.93. The molecule has 0 unspecified atom stereocenters. The Morgan fingerprint density at radius 2 is 1.85 bits per heavy atom. The number of hydrogen-bond donors (Lipinski definition) is 2. The summed E-state index contributed by atoms with van der Waals surface area (Å²) in [5.74, 6) is -3.83. The van der Waals surface area contributed by atoms with Crippen molar-refractivity contribution in [3.05, 3.63) is 65.0 Å². The van der Waals surface area contributed by atoms with Crippen molar-refractivity contribution in [2.45, 2.75) is 6.54 Å². The van der Waals surface area contributed by atoms with Crippen molar-refractivity contribution >= 4 is 5.91 Å². The van der Waals surface area contributed by atoms with E-state index in [2.05, 4.69) is 5.32 Å². The molecule has 2 aromatic carbocycles. The standard InChI is InChI=1S/C14H10F3NO2/c15-9-5-4-8(11(17)6-9)7-18-14(20)13-10(16)2-1-3-12(13)19/h1-6,19H,7H2,(H,18,20). The predicted octanol–water partition coefficient (Wildman–Crippen LogP) is 2.74. The molecule has 0 fully saturated rings. The van der Waals surface area contributed by atoms with Gasteiger partial charge in [-0.05, 0) is 18.2 Å². The van der Waals surface area contributed by atoms with Gasteiger partial charge in [0.15, 0.2) is 0 Å². The molecule has 0 saturated heterocycles. The lowest BCUT2D eigenvalue weighted by Gasteiger charge is -2.08. The molecule has 0 spiro atoms. The summed E-state index contributed by atoms with van der Waals surface area (Å²) in [5, 5.41) is 11.7. The van der Waals surface area contributed by atoms with Gasteiger partial charge in [0.1, 0.15) is 28.8 Å². The number of nitrogens with one attached hydrogen (secondary N) is 1. The molecule has 0 aromatic heterocycles. The van der Waals surface area contributed by atoms with Crippen LogP contribution < -0.4 is 5.32 Å². The fourth-order valence-corrected chi connectivity index (χ4v) is 1.67. The zero-order valence-electron chi connectivity index (χ0n) is 10.2. The molecule has 0 saturated carbocycles. The SMILES string of the molecule is O=C(NCc1ccc(F)cc1F)c1c(O)cccc1F. The van der Waals surface area contributed by atoms with Crippen molar-refractivity contribution in [1.29, 1.82) is 0 Å². The van der Waals surface area contributed by atoms with Crippen LogP contribution in [0.5, 0.6) is 5.75 Å². The van der Waals surface area contributed by atoms with Crippen molar-refractivity contribution in [3.8, 4) is 5.75 Å². The third-order valence-corrected chi connectivity index (χ3v) is 2.67. The first-order chi connectivity index (χ1) is 9.49. The molecule has 0 radical (unpaired) electrons. The first-order valence-corrected chi connectivity index (χ1v) is 5.68. The Balaban J connectivity index is 2.13. The van der Waals surface area contributed by atoms with Crippen LogP contribution in [0.1, 0.15) is 15.9 Å². The maximum atomic E-state index is 13.4. The van der Waals surface area contributed by atoms with E-state index >= 15 is 0 Å². The van der Waals surface area contributed by atoms with Gasteiger partial charge in [0.25, 0.3) is 5.91 Å². The number of hydrogen-bond acceptors (Lipinski definition) is 2. The third-order valence-electron chi connectivity index (χ3n) is 2.67. The number of aromatic hydroxyl groups is 1. The third kappa shape index (κ3) is 2.90. The van der Waals surface area contributed by atoms with Crippen LogP contribution >= 0.6 is 0 Å². The molecule has 20 heavy (non-hydrogen) atoms. The Labute approximate surface area is 112 Å². The molecular formula is C14H10F3NO2. The average Bonchev–Trinajstić information content (AvgIpc) is 2.37.